The maximum absolute atomic E-state index is 13.1. The van der Waals surface area contributed by atoms with E-state index in [2.05, 4.69) is 24.1 Å². The topological polar surface area (TPSA) is 78.7 Å². The van der Waals surface area contributed by atoms with E-state index < -0.39 is 11.9 Å². The predicted molar refractivity (Wildman–Crippen MR) is 94.2 cm³/mol. The van der Waals surface area contributed by atoms with Crippen LogP contribution in [-0.2, 0) is 9.59 Å². The summed E-state index contributed by atoms with van der Waals surface area (Å²) in [6, 6.07) is 5.28. The maximum atomic E-state index is 13.1. The van der Waals surface area contributed by atoms with Crippen molar-refractivity contribution in [2.45, 2.75) is 19.9 Å². The van der Waals surface area contributed by atoms with E-state index in [0.717, 1.165) is 0 Å². The summed E-state index contributed by atoms with van der Waals surface area (Å²) >= 11 is 0. The third kappa shape index (κ3) is 5.79. The Balaban J connectivity index is 1.89. The van der Waals surface area contributed by atoms with Crippen LogP contribution in [0.5, 0.6) is 0 Å². The van der Waals surface area contributed by atoms with Gasteiger partial charge in [0.25, 0.3) is 0 Å². The lowest BCUT2D eigenvalue weighted by atomic mass is 10.0. The molecule has 1 aromatic rings. The molecule has 1 heterocycles. The van der Waals surface area contributed by atoms with E-state index in [9.17, 15) is 14.0 Å². The number of hydrogen-bond acceptors (Lipinski definition) is 4. The van der Waals surface area contributed by atoms with Gasteiger partial charge in [-0.05, 0) is 23.6 Å². The molecule has 1 aliphatic rings. The number of nitrogens with two attached hydrogens (primary N) is 1. The Kier molecular flexibility index (Phi) is 6.90. The zero-order valence-corrected chi connectivity index (χ0v) is 14.9. The Morgan fingerprint density at radius 1 is 1.16 bits per heavy atom. The number of rotatable bonds is 7. The molecule has 1 fully saturated rings. The van der Waals surface area contributed by atoms with Crippen molar-refractivity contribution in [1.29, 1.82) is 0 Å². The number of carbonyl (C=O) groups excluding carboxylic acids is 2. The van der Waals surface area contributed by atoms with Crippen molar-refractivity contribution in [2.75, 3.05) is 39.3 Å². The van der Waals surface area contributed by atoms with Crippen molar-refractivity contribution in [1.82, 2.24) is 15.1 Å². The summed E-state index contributed by atoms with van der Waals surface area (Å²) in [7, 11) is 0. The normalized spacial score (nSPS) is 17.4. The highest BCUT2D eigenvalue weighted by Crippen LogP contribution is 2.22. The highest BCUT2D eigenvalue weighted by atomic mass is 19.1. The van der Waals surface area contributed by atoms with E-state index in [4.69, 9.17) is 5.73 Å². The van der Waals surface area contributed by atoms with Gasteiger partial charge in [0.05, 0.1) is 6.54 Å². The van der Waals surface area contributed by atoms with Crippen LogP contribution >= 0.6 is 0 Å². The SMILES string of the molecule is CC(C)CNC(=O)CN1CCN(C(C(N)=O)c2ccc(F)cc2)CC1. The highest BCUT2D eigenvalue weighted by Gasteiger charge is 2.29. The highest BCUT2D eigenvalue weighted by molar-refractivity contribution is 5.81. The first kappa shape index (κ1) is 19.3. The molecule has 138 valence electrons. The van der Waals surface area contributed by atoms with Crippen molar-refractivity contribution in [3.8, 4) is 0 Å². The maximum Gasteiger partial charge on any atom is 0.239 e. The summed E-state index contributed by atoms with van der Waals surface area (Å²) in [6.45, 7) is 7.76. The number of hydrogen-bond donors (Lipinski definition) is 2. The average Bonchev–Trinajstić information content (AvgIpc) is 2.56. The summed E-state index contributed by atoms with van der Waals surface area (Å²) < 4.78 is 13.1. The van der Waals surface area contributed by atoms with Crippen LogP contribution in [0.3, 0.4) is 0 Å². The summed E-state index contributed by atoms with van der Waals surface area (Å²) in [5.41, 5.74) is 6.26. The van der Waals surface area contributed by atoms with Crippen LogP contribution in [0.15, 0.2) is 24.3 Å². The Morgan fingerprint density at radius 3 is 2.28 bits per heavy atom. The van der Waals surface area contributed by atoms with Crippen molar-refractivity contribution >= 4 is 11.8 Å². The number of carbonyl (C=O) groups is 2. The van der Waals surface area contributed by atoms with Crippen molar-refractivity contribution in [3.63, 3.8) is 0 Å². The van der Waals surface area contributed by atoms with E-state index in [1.807, 2.05) is 4.90 Å². The van der Waals surface area contributed by atoms with Gasteiger partial charge in [-0.2, -0.15) is 0 Å². The zero-order chi connectivity index (χ0) is 18.4. The third-order valence-electron chi connectivity index (χ3n) is 4.30. The van der Waals surface area contributed by atoms with Crippen molar-refractivity contribution in [2.24, 2.45) is 11.7 Å². The Morgan fingerprint density at radius 2 is 1.76 bits per heavy atom. The van der Waals surface area contributed by atoms with Gasteiger partial charge in [-0.3, -0.25) is 19.4 Å². The first-order chi connectivity index (χ1) is 11.9. The molecule has 2 rings (SSSR count). The van der Waals surface area contributed by atoms with E-state index in [0.29, 0.717) is 50.7 Å². The lowest BCUT2D eigenvalue weighted by molar-refractivity contribution is -0.126. The second kappa shape index (κ2) is 8.92. The van der Waals surface area contributed by atoms with Gasteiger partial charge in [0.15, 0.2) is 0 Å². The standard InChI is InChI=1S/C18H27FN4O2/c1-13(2)11-21-16(24)12-22-7-9-23(10-8-22)17(18(20)25)14-3-5-15(19)6-4-14/h3-6,13,17H,7-12H2,1-2H3,(H2,20,25)(H,21,24). The number of benzene rings is 1. The molecule has 0 saturated carbocycles. The van der Waals surface area contributed by atoms with E-state index in [1.54, 1.807) is 12.1 Å². The quantitative estimate of drug-likeness (QED) is 0.760. The Labute approximate surface area is 148 Å². The summed E-state index contributed by atoms with van der Waals surface area (Å²) in [5, 5.41) is 2.91. The minimum Gasteiger partial charge on any atom is -0.368 e. The fourth-order valence-electron chi connectivity index (χ4n) is 2.96. The molecule has 1 unspecified atom stereocenters. The fourth-order valence-corrected chi connectivity index (χ4v) is 2.96. The van der Waals surface area contributed by atoms with Crippen LogP contribution < -0.4 is 11.1 Å². The zero-order valence-electron chi connectivity index (χ0n) is 14.9. The first-order valence-electron chi connectivity index (χ1n) is 8.64. The van der Waals surface area contributed by atoms with Gasteiger partial charge in [-0.25, -0.2) is 4.39 Å². The van der Waals surface area contributed by atoms with E-state index in [1.165, 1.54) is 12.1 Å². The summed E-state index contributed by atoms with van der Waals surface area (Å²) in [6.07, 6.45) is 0. The van der Waals surface area contributed by atoms with Gasteiger partial charge in [0.2, 0.25) is 11.8 Å². The molecule has 0 aliphatic carbocycles. The van der Waals surface area contributed by atoms with Crippen LogP contribution in [-0.4, -0.2) is 60.9 Å². The number of nitrogens with one attached hydrogen (secondary N) is 1. The number of amides is 2. The van der Waals surface area contributed by atoms with Gasteiger partial charge in [0.1, 0.15) is 11.9 Å². The van der Waals surface area contributed by atoms with Gasteiger partial charge in [-0.1, -0.05) is 26.0 Å². The molecule has 25 heavy (non-hydrogen) atoms. The molecule has 7 heteroatoms. The molecule has 1 atom stereocenters. The second-order valence-corrected chi connectivity index (χ2v) is 6.87. The molecule has 2 amide bonds. The van der Waals surface area contributed by atoms with E-state index in [-0.39, 0.29) is 11.7 Å². The average molecular weight is 350 g/mol. The summed E-state index contributed by atoms with van der Waals surface area (Å²) in [5.74, 6) is -0.348. The number of primary amides is 1. The van der Waals surface area contributed by atoms with Gasteiger partial charge >= 0.3 is 0 Å². The molecule has 0 spiro atoms. The van der Waals surface area contributed by atoms with E-state index >= 15 is 0 Å². The molecule has 6 nitrogen and oxygen atoms in total. The van der Waals surface area contributed by atoms with Crippen LogP contribution in [0.2, 0.25) is 0 Å². The summed E-state index contributed by atoms with van der Waals surface area (Å²) in [4.78, 5) is 27.9. The molecular formula is C18H27FN4O2. The lowest BCUT2D eigenvalue weighted by Gasteiger charge is -2.38. The molecule has 0 bridgehead atoms. The molecule has 1 aliphatic heterocycles. The molecule has 1 saturated heterocycles. The molecular weight excluding hydrogens is 323 g/mol. The second-order valence-electron chi connectivity index (χ2n) is 6.87. The molecule has 3 N–H and O–H groups in total. The van der Waals surface area contributed by atoms with Crippen LogP contribution in [0, 0.1) is 11.7 Å². The lowest BCUT2D eigenvalue weighted by Crippen LogP contribution is -2.52. The molecule has 0 aromatic heterocycles. The number of halogens is 1. The Bertz CT molecular complexity index is 583. The fraction of sp³-hybridized carbons (Fsp3) is 0.556. The van der Waals surface area contributed by atoms with Gasteiger partial charge in [0, 0.05) is 32.7 Å². The van der Waals surface area contributed by atoms with Gasteiger partial charge < -0.3 is 11.1 Å². The largest absolute Gasteiger partial charge is 0.368 e. The number of nitrogens with zero attached hydrogens (tertiary/aromatic N) is 2. The monoisotopic (exact) mass is 350 g/mol. The van der Waals surface area contributed by atoms with Crippen LogP contribution in [0.4, 0.5) is 4.39 Å². The molecule has 0 radical (unpaired) electrons. The van der Waals surface area contributed by atoms with Crippen molar-refractivity contribution < 1.29 is 14.0 Å². The minimum absolute atomic E-state index is 0.0205. The van der Waals surface area contributed by atoms with Crippen LogP contribution in [0.25, 0.3) is 0 Å². The number of piperazine rings is 1. The molecule has 1 aromatic carbocycles. The third-order valence-corrected chi connectivity index (χ3v) is 4.30. The first-order valence-corrected chi connectivity index (χ1v) is 8.64. The minimum atomic E-state index is -0.572. The predicted octanol–water partition coefficient (Wildman–Crippen LogP) is 0.742. The van der Waals surface area contributed by atoms with Crippen LogP contribution in [0.1, 0.15) is 25.5 Å². The Hall–Kier alpha value is -1.99. The van der Waals surface area contributed by atoms with Gasteiger partial charge in [-0.15, -0.1) is 0 Å². The van der Waals surface area contributed by atoms with Crippen molar-refractivity contribution in [3.05, 3.63) is 35.6 Å². The smallest absolute Gasteiger partial charge is 0.239 e.